The summed E-state index contributed by atoms with van der Waals surface area (Å²) < 4.78 is 2.00. The lowest BCUT2D eigenvalue weighted by Gasteiger charge is -2.15. The van der Waals surface area contributed by atoms with Gasteiger partial charge in [-0.05, 0) is 42.5 Å². The van der Waals surface area contributed by atoms with Gasteiger partial charge in [-0.1, -0.05) is 35.3 Å². The molecule has 6 nitrogen and oxygen atoms in total. The van der Waals surface area contributed by atoms with E-state index in [-0.39, 0.29) is 12.2 Å². The molecule has 0 aliphatic heterocycles. The van der Waals surface area contributed by atoms with E-state index in [0.29, 0.717) is 22.3 Å². The highest BCUT2D eigenvalue weighted by Crippen LogP contribution is 2.33. The number of fused-ring (bicyclic) bond motifs is 3. The van der Waals surface area contributed by atoms with E-state index in [2.05, 4.69) is 5.32 Å². The summed E-state index contributed by atoms with van der Waals surface area (Å²) in [5.74, 6) is 0. The van der Waals surface area contributed by atoms with Crippen molar-refractivity contribution in [3.63, 3.8) is 0 Å². The van der Waals surface area contributed by atoms with Crippen LogP contribution in [0.2, 0.25) is 10.0 Å². The first-order chi connectivity index (χ1) is 13.9. The van der Waals surface area contributed by atoms with Crippen LogP contribution in [0.3, 0.4) is 0 Å². The van der Waals surface area contributed by atoms with Crippen molar-refractivity contribution < 1.29 is 10.0 Å². The summed E-state index contributed by atoms with van der Waals surface area (Å²) in [4.78, 5) is 10.7. The number of nitrogens with one attached hydrogen (secondary N) is 1. The standard InChI is InChI=1S/C21H17Cl2N3O3/c22-13-5-7-19-16(9-13)17-10-14(23)6-8-20(17)25(19)12-15(27)11-24-18-3-1-2-4-21(18)26(28)29/h1-10,15,24,27H,11-12H2. The first kappa shape index (κ1) is 19.5. The first-order valence-electron chi connectivity index (χ1n) is 8.96. The molecule has 1 heterocycles. The van der Waals surface area contributed by atoms with Crippen molar-refractivity contribution in [3.05, 3.63) is 80.8 Å². The molecule has 0 aliphatic carbocycles. The number of nitrogens with zero attached hydrogens (tertiary/aromatic N) is 2. The van der Waals surface area contributed by atoms with Gasteiger partial charge in [0.25, 0.3) is 5.69 Å². The Balaban J connectivity index is 1.63. The molecular weight excluding hydrogens is 413 g/mol. The molecule has 3 aromatic carbocycles. The summed E-state index contributed by atoms with van der Waals surface area (Å²) in [6, 6.07) is 17.5. The molecule has 4 aromatic rings. The minimum absolute atomic E-state index is 0.0270. The zero-order valence-electron chi connectivity index (χ0n) is 15.2. The Hall–Kier alpha value is -2.80. The van der Waals surface area contributed by atoms with E-state index < -0.39 is 11.0 Å². The summed E-state index contributed by atoms with van der Waals surface area (Å²) in [7, 11) is 0. The SMILES string of the molecule is O=[N+]([O-])c1ccccc1NCC(O)Cn1c2ccc(Cl)cc2c2cc(Cl)ccc21. The van der Waals surface area contributed by atoms with E-state index in [1.54, 1.807) is 30.3 Å². The summed E-state index contributed by atoms with van der Waals surface area (Å²) >= 11 is 12.4. The monoisotopic (exact) mass is 429 g/mol. The predicted molar refractivity (Wildman–Crippen MR) is 117 cm³/mol. The number of anilines is 1. The average Bonchev–Trinajstić information content (AvgIpc) is 2.98. The van der Waals surface area contributed by atoms with Crippen molar-refractivity contribution in [2.24, 2.45) is 0 Å². The lowest BCUT2D eigenvalue weighted by molar-refractivity contribution is -0.384. The Morgan fingerprint density at radius 1 is 1.00 bits per heavy atom. The van der Waals surface area contributed by atoms with Crippen LogP contribution in [0, 0.1) is 10.1 Å². The fraction of sp³-hybridized carbons (Fsp3) is 0.143. The van der Waals surface area contributed by atoms with Gasteiger partial charge in [-0.2, -0.15) is 0 Å². The minimum atomic E-state index is -0.778. The number of nitro groups is 1. The maximum atomic E-state index is 11.1. The van der Waals surface area contributed by atoms with Crippen LogP contribution in [0.15, 0.2) is 60.7 Å². The fourth-order valence-corrected chi connectivity index (χ4v) is 3.87. The van der Waals surface area contributed by atoms with Crippen molar-refractivity contribution >= 4 is 56.4 Å². The second-order valence-electron chi connectivity index (χ2n) is 6.74. The highest BCUT2D eigenvalue weighted by Gasteiger charge is 2.17. The predicted octanol–water partition coefficient (Wildman–Crippen LogP) is 5.48. The third-order valence-corrected chi connectivity index (χ3v) is 5.28. The molecule has 0 fully saturated rings. The van der Waals surface area contributed by atoms with E-state index >= 15 is 0 Å². The molecule has 0 saturated carbocycles. The molecule has 0 amide bonds. The van der Waals surface area contributed by atoms with Gasteiger partial charge in [-0.15, -0.1) is 0 Å². The summed E-state index contributed by atoms with van der Waals surface area (Å²) in [6.07, 6.45) is -0.778. The van der Waals surface area contributed by atoms with E-state index in [1.807, 2.05) is 28.8 Å². The number of hydrogen-bond donors (Lipinski definition) is 2. The number of rotatable bonds is 6. The van der Waals surface area contributed by atoms with Crippen LogP contribution in [0.5, 0.6) is 0 Å². The van der Waals surface area contributed by atoms with E-state index in [0.717, 1.165) is 21.8 Å². The van der Waals surface area contributed by atoms with E-state index in [1.165, 1.54) is 6.07 Å². The highest BCUT2D eigenvalue weighted by atomic mass is 35.5. The van der Waals surface area contributed by atoms with Crippen molar-refractivity contribution in [2.75, 3.05) is 11.9 Å². The molecule has 1 aromatic heterocycles. The largest absolute Gasteiger partial charge is 0.389 e. The molecule has 1 unspecified atom stereocenters. The zero-order valence-corrected chi connectivity index (χ0v) is 16.7. The normalized spacial score (nSPS) is 12.4. The molecule has 0 saturated heterocycles. The zero-order chi connectivity index (χ0) is 20.5. The Morgan fingerprint density at radius 3 is 2.17 bits per heavy atom. The van der Waals surface area contributed by atoms with Gasteiger partial charge in [0, 0.05) is 44.5 Å². The van der Waals surface area contributed by atoms with Crippen LogP contribution in [0.4, 0.5) is 11.4 Å². The molecule has 0 spiro atoms. The molecule has 148 valence electrons. The Labute approximate surface area is 176 Å². The molecule has 0 radical (unpaired) electrons. The molecule has 0 aliphatic rings. The number of benzene rings is 3. The van der Waals surface area contributed by atoms with Crippen molar-refractivity contribution in [1.29, 1.82) is 0 Å². The van der Waals surface area contributed by atoms with Crippen LogP contribution < -0.4 is 5.32 Å². The van der Waals surface area contributed by atoms with Crippen LogP contribution in [0.25, 0.3) is 21.8 Å². The second-order valence-corrected chi connectivity index (χ2v) is 7.62. The lowest BCUT2D eigenvalue weighted by atomic mass is 10.1. The Morgan fingerprint density at radius 2 is 1.59 bits per heavy atom. The number of hydrogen-bond acceptors (Lipinski definition) is 4. The number of aliphatic hydroxyl groups excluding tert-OH is 1. The topological polar surface area (TPSA) is 80.3 Å². The van der Waals surface area contributed by atoms with E-state index in [4.69, 9.17) is 23.2 Å². The van der Waals surface area contributed by atoms with Gasteiger partial charge in [0.05, 0.1) is 17.6 Å². The van der Waals surface area contributed by atoms with Crippen LogP contribution in [-0.2, 0) is 6.54 Å². The van der Waals surface area contributed by atoms with Crippen LogP contribution in [0.1, 0.15) is 0 Å². The van der Waals surface area contributed by atoms with Gasteiger partial charge in [0.1, 0.15) is 5.69 Å². The second kappa shape index (κ2) is 7.91. The highest BCUT2D eigenvalue weighted by molar-refractivity contribution is 6.33. The molecule has 0 bridgehead atoms. The third kappa shape index (κ3) is 3.87. The van der Waals surface area contributed by atoms with Crippen molar-refractivity contribution in [1.82, 2.24) is 4.57 Å². The molecule has 29 heavy (non-hydrogen) atoms. The molecular formula is C21H17Cl2N3O3. The van der Waals surface area contributed by atoms with Crippen LogP contribution >= 0.6 is 23.2 Å². The summed E-state index contributed by atoms with van der Waals surface area (Å²) in [6.45, 7) is 0.462. The van der Waals surface area contributed by atoms with Crippen molar-refractivity contribution in [3.8, 4) is 0 Å². The number of aliphatic hydroxyl groups is 1. The maximum absolute atomic E-state index is 11.1. The number of halogens is 2. The quantitative estimate of drug-likeness (QED) is 0.314. The Kier molecular flexibility index (Phi) is 5.32. The maximum Gasteiger partial charge on any atom is 0.292 e. The fourth-order valence-electron chi connectivity index (χ4n) is 3.53. The Bertz CT molecular complexity index is 1160. The number of para-hydroxylation sites is 2. The third-order valence-electron chi connectivity index (χ3n) is 4.81. The molecule has 1 atom stereocenters. The van der Waals surface area contributed by atoms with Crippen molar-refractivity contribution in [2.45, 2.75) is 12.6 Å². The van der Waals surface area contributed by atoms with Gasteiger partial charge in [0.2, 0.25) is 0 Å². The summed E-state index contributed by atoms with van der Waals surface area (Å²) in [5.41, 5.74) is 2.20. The lowest BCUT2D eigenvalue weighted by Crippen LogP contribution is -2.25. The minimum Gasteiger partial charge on any atom is -0.389 e. The van der Waals surface area contributed by atoms with Gasteiger partial charge >= 0.3 is 0 Å². The number of nitro benzene ring substituents is 1. The van der Waals surface area contributed by atoms with Gasteiger partial charge in [-0.3, -0.25) is 10.1 Å². The average molecular weight is 430 g/mol. The molecule has 4 rings (SSSR count). The summed E-state index contributed by atoms with van der Waals surface area (Å²) in [5, 5.41) is 27.9. The molecule has 2 N–H and O–H groups in total. The van der Waals surface area contributed by atoms with Gasteiger partial charge in [-0.25, -0.2) is 0 Å². The van der Waals surface area contributed by atoms with Gasteiger partial charge in [0.15, 0.2) is 0 Å². The van der Waals surface area contributed by atoms with Gasteiger partial charge < -0.3 is 15.0 Å². The van der Waals surface area contributed by atoms with Crippen LogP contribution in [-0.4, -0.2) is 27.2 Å². The first-order valence-corrected chi connectivity index (χ1v) is 9.72. The number of aromatic nitrogens is 1. The smallest absolute Gasteiger partial charge is 0.292 e. The molecule has 8 heteroatoms. The van der Waals surface area contributed by atoms with E-state index in [9.17, 15) is 15.2 Å².